The number of ether oxygens (including phenoxy) is 1. The first-order chi connectivity index (χ1) is 17.2. The minimum Gasteiger partial charge on any atom is -0.508 e. The molecule has 11 nitrogen and oxygen atoms in total. The van der Waals surface area contributed by atoms with Gasteiger partial charge in [-0.3, -0.25) is 9.46 Å². The average Bonchev–Trinajstić information content (AvgIpc) is 3.46. The zero-order valence-corrected chi connectivity index (χ0v) is 24.3. The van der Waals surface area contributed by atoms with Gasteiger partial charge in [0, 0.05) is 26.1 Å². The Morgan fingerprint density at radius 2 is 1.78 bits per heavy atom. The van der Waals surface area contributed by atoms with Crippen molar-refractivity contribution in [2.24, 2.45) is 5.10 Å². The van der Waals surface area contributed by atoms with Crippen LogP contribution in [0.3, 0.4) is 0 Å². The molecule has 0 amide bonds. The first-order valence-electron chi connectivity index (χ1n) is 11.4. The van der Waals surface area contributed by atoms with Crippen LogP contribution in [-0.2, 0) is 21.2 Å². The van der Waals surface area contributed by atoms with Crippen LogP contribution >= 0.6 is 22.4 Å². The number of nitrogens with zero attached hydrogens (tertiary/aromatic N) is 3. The second kappa shape index (κ2) is 12.2. The van der Waals surface area contributed by atoms with Crippen molar-refractivity contribution in [3.63, 3.8) is 0 Å². The van der Waals surface area contributed by atoms with Crippen molar-refractivity contribution in [1.29, 1.82) is 0 Å². The lowest BCUT2D eigenvalue weighted by atomic mass is 10.1. The van der Waals surface area contributed by atoms with E-state index in [1.54, 1.807) is 30.5 Å². The van der Waals surface area contributed by atoms with Gasteiger partial charge in [0.2, 0.25) is 0 Å². The molecule has 0 radical (unpaired) electrons. The summed E-state index contributed by atoms with van der Waals surface area (Å²) in [6.45, 7) is 3.63. The lowest BCUT2D eigenvalue weighted by molar-refractivity contribution is 0.175. The van der Waals surface area contributed by atoms with Crippen molar-refractivity contribution < 1.29 is 38.9 Å². The number of phenols is 1. The van der Waals surface area contributed by atoms with E-state index in [0.717, 1.165) is 22.4 Å². The van der Waals surface area contributed by atoms with Gasteiger partial charge in [-0.2, -0.15) is 14.7 Å². The molecule has 1 aliphatic rings. The molecule has 3 unspecified atom stereocenters. The maximum absolute atomic E-state index is 11.4. The number of hydrazone groups is 1. The predicted molar refractivity (Wildman–Crippen MR) is 149 cm³/mol. The van der Waals surface area contributed by atoms with Crippen LogP contribution in [0, 0.1) is 0 Å². The van der Waals surface area contributed by atoms with E-state index < -0.39 is 40.3 Å². The van der Waals surface area contributed by atoms with Gasteiger partial charge in [0.1, 0.15) is 17.8 Å². The Balaban J connectivity index is 1.61. The zero-order chi connectivity index (χ0) is 27.4. The van der Waals surface area contributed by atoms with Gasteiger partial charge in [-0.05, 0) is 58.1 Å². The molecule has 0 fully saturated rings. The van der Waals surface area contributed by atoms with E-state index in [-0.39, 0.29) is 22.6 Å². The quantitative estimate of drug-likeness (QED) is 0.150. The van der Waals surface area contributed by atoms with Gasteiger partial charge in [0.25, 0.3) is 5.34 Å². The minimum atomic E-state index is -4.43. The Labute approximate surface area is 220 Å². The Morgan fingerprint density at radius 1 is 1.16 bits per heavy atom. The van der Waals surface area contributed by atoms with Gasteiger partial charge in [-0.25, -0.2) is 0 Å². The van der Waals surface area contributed by atoms with E-state index in [1.807, 2.05) is 24.3 Å². The van der Waals surface area contributed by atoms with Crippen molar-refractivity contribution in [2.45, 2.75) is 32.0 Å². The number of phenolic OH excluding ortho intramolecular Hbond substituents is 1. The topological polar surface area (TPSA) is 166 Å². The molecule has 6 N–H and O–H groups in total. The van der Waals surface area contributed by atoms with Crippen LogP contribution in [0.1, 0.15) is 31.4 Å². The summed E-state index contributed by atoms with van der Waals surface area (Å²) in [4.78, 5) is 47.6. The molecule has 2 aromatic carbocycles. The number of hydrogen-bond donors (Lipinski definition) is 6. The Kier molecular flexibility index (Phi) is 9.92. The van der Waals surface area contributed by atoms with E-state index in [1.165, 1.54) is 0 Å². The van der Waals surface area contributed by atoms with E-state index >= 15 is 0 Å². The van der Waals surface area contributed by atoms with Crippen molar-refractivity contribution >= 4 is 38.9 Å². The lowest BCUT2D eigenvalue weighted by Gasteiger charge is -2.22. The van der Waals surface area contributed by atoms with E-state index in [2.05, 4.69) is 29.4 Å². The van der Waals surface area contributed by atoms with Gasteiger partial charge in [0.05, 0.1) is 6.21 Å². The summed E-state index contributed by atoms with van der Waals surface area (Å²) in [6.07, 6.45) is 3.81. The van der Waals surface area contributed by atoms with E-state index in [4.69, 9.17) is 4.74 Å². The van der Waals surface area contributed by atoms with E-state index in [9.17, 15) is 34.1 Å². The maximum atomic E-state index is 11.4. The molecule has 2 aromatic rings. The fourth-order valence-corrected chi connectivity index (χ4v) is 12.2. The molecular weight excluding hydrogens is 559 g/mol. The predicted octanol–water partition coefficient (Wildman–Crippen LogP) is 3.40. The van der Waals surface area contributed by atoms with E-state index in [0.29, 0.717) is 12.2 Å². The van der Waals surface area contributed by atoms with Crippen molar-refractivity contribution in [3.8, 4) is 11.5 Å². The third-order valence-electron chi connectivity index (χ3n) is 5.63. The van der Waals surface area contributed by atoms with Gasteiger partial charge < -0.3 is 19.6 Å². The monoisotopic (exact) mass is 593 g/mol. The van der Waals surface area contributed by atoms with Crippen molar-refractivity contribution in [2.75, 3.05) is 25.4 Å². The molecule has 0 aromatic heterocycles. The third kappa shape index (κ3) is 9.37. The zero-order valence-electron chi connectivity index (χ0n) is 20.8. The summed E-state index contributed by atoms with van der Waals surface area (Å²) in [6, 6.07) is 14.2. The normalized spacial score (nSPS) is 18.9. The molecule has 0 saturated carbocycles. The fourth-order valence-electron chi connectivity index (χ4n) is 3.64. The van der Waals surface area contributed by atoms with Crippen LogP contribution in [0.2, 0.25) is 0 Å². The standard InChI is InChI=1S/C22H32N3O8P3S/c1-4-22(2,34-25(37(34)3)23-15-19-5-9-20(26)10-6-19)33-21-11-7-18(8-12-21)13-14-24(16-35(27,28)29)17-36(30,31)32/h5-12,15,27-29H,4,13-14,16-17H2,1-3H3,(H-2,23,26,30,31,32)/p+2. The molecular formula is C22H34N3O8P3S+2. The number of benzene rings is 2. The molecule has 15 heteroatoms. The smallest absolute Gasteiger partial charge is 0.419 e. The van der Waals surface area contributed by atoms with Gasteiger partial charge in [-0.1, -0.05) is 19.1 Å². The van der Waals surface area contributed by atoms with Crippen molar-refractivity contribution in [3.05, 3.63) is 59.7 Å². The molecule has 0 aliphatic carbocycles. The molecule has 0 bridgehead atoms. The number of rotatable bonds is 13. The van der Waals surface area contributed by atoms with Crippen molar-refractivity contribution in [1.82, 2.24) is 9.08 Å². The summed E-state index contributed by atoms with van der Waals surface area (Å²) in [7, 11) is -8.69. The summed E-state index contributed by atoms with van der Waals surface area (Å²) in [5.41, 5.74) is 1.77. The summed E-state index contributed by atoms with van der Waals surface area (Å²) < 4.78 is 19.9. The third-order valence-corrected chi connectivity index (χ3v) is 13.9. The molecule has 0 saturated heterocycles. The van der Waals surface area contributed by atoms with Crippen LogP contribution in [0.15, 0.2) is 53.6 Å². The molecule has 37 heavy (non-hydrogen) atoms. The van der Waals surface area contributed by atoms with Gasteiger partial charge in [0.15, 0.2) is 16.5 Å². The molecule has 3 atom stereocenters. The number of hydrogen-bond acceptors (Lipinski definition) is 9. The Morgan fingerprint density at radius 3 is 2.32 bits per heavy atom. The van der Waals surface area contributed by atoms with Crippen LogP contribution < -0.4 is 4.74 Å². The molecule has 3 rings (SSSR count). The van der Waals surface area contributed by atoms with Gasteiger partial charge >= 0.3 is 22.4 Å². The highest BCUT2D eigenvalue weighted by atomic mass is 32.6. The molecule has 0 spiro atoms. The summed E-state index contributed by atoms with van der Waals surface area (Å²) >= 11 is 0. The molecule has 1 heterocycles. The number of aromatic hydroxyl groups is 1. The van der Waals surface area contributed by atoms with Crippen LogP contribution in [0.5, 0.6) is 11.5 Å². The average molecular weight is 594 g/mol. The summed E-state index contributed by atoms with van der Waals surface area (Å²) in [5, 5.41) is 13.7. The SMILES string of the molecule is CCC(C)(Oc1ccc(CCN(CP(=O)(O)O)C[P+](O)(O)O)cc1)[P+]1=S(C)N1N=Cc1ccc(O)cc1. The first kappa shape index (κ1) is 30.1. The fraction of sp³-hybridized carbons (Fsp3) is 0.409. The molecule has 204 valence electrons. The second-order valence-electron chi connectivity index (χ2n) is 8.87. The molecule has 1 aliphatic heterocycles. The van der Waals surface area contributed by atoms with Crippen LogP contribution in [0.25, 0.3) is 0 Å². The van der Waals surface area contributed by atoms with Gasteiger partial charge in [-0.15, -0.1) is 5.10 Å². The Bertz CT molecular complexity index is 1190. The lowest BCUT2D eigenvalue weighted by Crippen LogP contribution is -2.29. The minimum absolute atomic E-state index is 0.0396. The first-order valence-corrected chi connectivity index (χ1v) is 18.5. The Hall–Kier alpha value is -1.42. The van der Waals surface area contributed by atoms with Crippen LogP contribution in [-0.4, -0.2) is 75.6 Å². The van der Waals surface area contributed by atoms with Crippen LogP contribution in [0.4, 0.5) is 0 Å². The second-order valence-corrected chi connectivity index (χ2v) is 18.2. The summed E-state index contributed by atoms with van der Waals surface area (Å²) in [5.74, 6) is 0.904. The highest BCUT2D eigenvalue weighted by Gasteiger charge is 2.60. The maximum Gasteiger partial charge on any atom is 0.419 e. The highest BCUT2D eigenvalue weighted by molar-refractivity contribution is 8.38. The highest BCUT2D eigenvalue weighted by Crippen LogP contribution is 2.61. The largest absolute Gasteiger partial charge is 0.508 e.